The highest BCUT2D eigenvalue weighted by Gasteiger charge is 2.24. The van der Waals surface area contributed by atoms with E-state index in [0.717, 1.165) is 0 Å². The number of amides is 2. The molecule has 1 heterocycles. The highest BCUT2D eigenvalue weighted by Crippen LogP contribution is 2.01. The Morgan fingerprint density at radius 3 is 2.33 bits per heavy atom. The lowest BCUT2D eigenvalue weighted by Crippen LogP contribution is -2.52. The Kier molecular flexibility index (Phi) is 4.51. The molecule has 0 aliphatic carbocycles. The zero-order valence-corrected chi connectivity index (χ0v) is 8.90. The van der Waals surface area contributed by atoms with E-state index in [-0.39, 0.29) is 6.61 Å². The first kappa shape index (κ1) is 11.9. The Morgan fingerprint density at radius 2 is 1.87 bits per heavy atom. The standard InChI is InChI=1S/C9H17N3O3/c1-10-8(14)9(15)12-4-2-11(3-5-12)6-7-13/h13H,2-7H2,1H3,(H,10,14). The van der Waals surface area contributed by atoms with Gasteiger partial charge in [0.15, 0.2) is 0 Å². The molecule has 1 rings (SSSR count). The number of likely N-dealkylation sites (N-methyl/N-ethyl adjacent to an activating group) is 1. The Balaban J connectivity index is 2.37. The summed E-state index contributed by atoms with van der Waals surface area (Å²) in [7, 11) is 1.45. The molecule has 1 aliphatic rings. The maximum atomic E-state index is 11.4. The minimum absolute atomic E-state index is 0.128. The van der Waals surface area contributed by atoms with Gasteiger partial charge >= 0.3 is 11.8 Å². The van der Waals surface area contributed by atoms with Gasteiger partial charge in [0.05, 0.1) is 6.61 Å². The average molecular weight is 215 g/mol. The van der Waals surface area contributed by atoms with Gasteiger partial charge in [0, 0.05) is 39.8 Å². The first-order valence-corrected chi connectivity index (χ1v) is 5.03. The van der Waals surface area contributed by atoms with E-state index in [1.807, 2.05) is 0 Å². The Bertz CT molecular complexity index is 237. The Hall–Kier alpha value is -1.14. The number of hydrogen-bond acceptors (Lipinski definition) is 4. The molecule has 1 aliphatic heterocycles. The van der Waals surface area contributed by atoms with E-state index in [4.69, 9.17) is 5.11 Å². The Morgan fingerprint density at radius 1 is 1.27 bits per heavy atom. The molecule has 0 saturated carbocycles. The van der Waals surface area contributed by atoms with Crippen LogP contribution in [-0.4, -0.2) is 73.1 Å². The molecule has 2 N–H and O–H groups in total. The zero-order valence-electron chi connectivity index (χ0n) is 8.90. The average Bonchev–Trinajstić information content (AvgIpc) is 2.28. The number of hydrogen-bond donors (Lipinski definition) is 2. The SMILES string of the molecule is CNC(=O)C(=O)N1CCN(CCO)CC1. The van der Waals surface area contributed by atoms with Gasteiger partial charge in [-0.05, 0) is 0 Å². The summed E-state index contributed by atoms with van der Waals surface area (Å²) in [5.74, 6) is -1.04. The van der Waals surface area contributed by atoms with Crippen LogP contribution in [0.3, 0.4) is 0 Å². The normalized spacial score (nSPS) is 17.6. The summed E-state index contributed by atoms with van der Waals surface area (Å²) in [5, 5.41) is 11.0. The van der Waals surface area contributed by atoms with Crippen LogP contribution in [0, 0.1) is 0 Å². The van der Waals surface area contributed by atoms with Gasteiger partial charge in [0.25, 0.3) is 0 Å². The van der Waals surface area contributed by atoms with Gasteiger partial charge in [-0.1, -0.05) is 0 Å². The van der Waals surface area contributed by atoms with Crippen molar-refractivity contribution in [1.29, 1.82) is 0 Å². The minimum atomic E-state index is -0.564. The van der Waals surface area contributed by atoms with E-state index in [9.17, 15) is 9.59 Å². The number of carbonyl (C=O) groups excluding carboxylic acids is 2. The van der Waals surface area contributed by atoms with Gasteiger partial charge in [-0.25, -0.2) is 0 Å². The first-order chi connectivity index (χ1) is 7.19. The fourth-order valence-corrected chi connectivity index (χ4v) is 1.57. The van der Waals surface area contributed by atoms with Crippen molar-refractivity contribution in [3.05, 3.63) is 0 Å². The lowest BCUT2D eigenvalue weighted by Gasteiger charge is -2.33. The van der Waals surface area contributed by atoms with Crippen LogP contribution in [0.15, 0.2) is 0 Å². The predicted octanol–water partition coefficient (Wildman–Crippen LogP) is -2.13. The van der Waals surface area contributed by atoms with Crippen molar-refractivity contribution in [3.8, 4) is 0 Å². The van der Waals surface area contributed by atoms with E-state index in [1.54, 1.807) is 0 Å². The topological polar surface area (TPSA) is 72.9 Å². The molecule has 86 valence electrons. The molecular weight excluding hydrogens is 198 g/mol. The maximum Gasteiger partial charge on any atom is 0.311 e. The number of β-amino-alcohol motifs (C(OH)–C–C–N with tert-alkyl or cyclic N) is 1. The molecular formula is C9H17N3O3. The van der Waals surface area contributed by atoms with Crippen molar-refractivity contribution >= 4 is 11.8 Å². The van der Waals surface area contributed by atoms with E-state index in [2.05, 4.69) is 10.2 Å². The summed E-state index contributed by atoms with van der Waals surface area (Å²) in [6, 6.07) is 0. The van der Waals surface area contributed by atoms with E-state index in [1.165, 1.54) is 11.9 Å². The smallest absolute Gasteiger partial charge is 0.311 e. The number of aliphatic hydroxyl groups is 1. The van der Waals surface area contributed by atoms with Crippen LogP contribution in [0.2, 0.25) is 0 Å². The van der Waals surface area contributed by atoms with Crippen molar-refractivity contribution in [2.24, 2.45) is 0 Å². The van der Waals surface area contributed by atoms with Crippen LogP contribution in [-0.2, 0) is 9.59 Å². The molecule has 0 atom stereocenters. The van der Waals surface area contributed by atoms with Gasteiger partial charge < -0.3 is 15.3 Å². The fourth-order valence-electron chi connectivity index (χ4n) is 1.57. The third-order valence-corrected chi connectivity index (χ3v) is 2.50. The number of piperazine rings is 1. The van der Waals surface area contributed by atoms with Crippen LogP contribution in [0.5, 0.6) is 0 Å². The van der Waals surface area contributed by atoms with Gasteiger partial charge in [-0.2, -0.15) is 0 Å². The largest absolute Gasteiger partial charge is 0.395 e. The molecule has 1 fully saturated rings. The van der Waals surface area contributed by atoms with Crippen LogP contribution in [0.1, 0.15) is 0 Å². The van der Waals surface area contributed by atoms with Crippen LogP contribution < -0.4 is 5.32 Å². The lowest BCUT2D eigenvalue weighted by atomic mass is 10.3. The molecule has 0 spiro atoms. The molecule has 0 aromatic rings. The molecule has 6 heteroatoms. The number of carbonyl (C=O) groups is 2. The quantitative estimate of drug-likeness (QED) is 0.516. The Labute approximate surface area is 88.8 Å². The highest BCUT2D eigenvalue weighted by atomic mass is 16.3. The summed E-state index contributed by atoms with van der Waals surface area (Å²) >= 11 is 0. The number of aliphatic hydroxyl groups excluding tert-OH is 1. The van der Waals surface area contributed by atoms with Gasteiger partial charge in [0.2, 0.25) is 0 Å². The summed E-state index contributed by atoms with van der Waals surface area (Å²) < 4.78 is 0. The van der Waals surface area contributed by atoms with Gasteiger partial charge in [-0.15, -0.1) is 0 Å². The van der Waals surface area contributed by atoms with E-state index < -0.39 is 11.8 Å². The van der Waals surface area contributed by atoms with Gasteiger partial charge in [0.1, 0.15) is 0 Å². The van der Waals surface area contributed by atoms with Crippen molar-refractivity contribution in [2.45, 2.75) is 0 Å². The van der Waals surface area contributed by atoms with Crippen molar-refractivity contribution < 1.29 is 14.7 Å². The summed E-state index contributed by atoms with van der Waals surface area (Å²) in [6.07, 6.45) is 0. The van der Waals surface area contributed by atoms with Crippen molar-refractivity contribution in [2.75, 3.05) is 46.4 Å². The number of nitrogens with one attached hydrogen (secondary N) is 1. The van der Waals surface area contributed by atoms with Crippen molar-refractivity contribution in [3.63, 3.8) is 0 Å². The molecule has 0 bridgehead atoms. The fraction of sp³-hybridized carbons (Fsp3) is 0.778. The predicted molar refractivity (Wildman–Crippen MR) is 54.2 cm³/mol. The second-order valence-corrected chi connectivity index (χ2v) is 3.44. The van der Waals surface area contributed by atoms with Crippen molar-refractivity contribution in [1.82, 2.24) is 15.1 Å². The minimum Gasteiger partial charge on any atom is -0.395 e. The second kappa shape index (κ2) is 5.67. The molecule has 2 amide bonds. The molecule has 0 aromatic heterocycles. The summed E-state index contributed by atoms with van der Waals surface area (Å²) in [6.45, 7) is 3.27. The third-order valence-electron chi connectivity index (χ3n) is 2.50. The van der Waals surface area contributed by atoms with Crippen LogP contribution >= 0.6 is 0 Å². The molecule has 6 nitrogen and oxygen atoms in total. The highest BCUT2D eigenvalue weighted by molar-refractivity contribution is 6.34. The monoisotopic (exact) mass is 215 g/mol. The number of nitrogens with zero attached hydrogens (tertiary/aromatic N) is 2. The summed E-state index contributed by atoms with van der Waals surface area (Å²) in [5.41, 5.74) is 0. The second-order valence-electron chi connectivity index (χ2n) is 3.44. The number of rotatable bonds is 2. The van der Waals surface area contributed by atoms with Crippen LogP contribution in [0.4, 0.5) is 0 Å². The van der Waals surface area contributed by atoms with Gasteiger partial charge in [-0.3, -0.25) is 14.5 Å². The lowest BCUT2D eigenvalue weighted by molar-refractivity contribution is -0.146. The first-order valence-electron chi connectivity index (χ1n) is 5.03. The molecule has 15 heavy (non-hydrogen) atoms. The van der Waals surface area contributed by atoms with Crippen LogP contribution in [0.25, 0.3) is 0 Å². The maximum absolute atomic E-state index is 11.4. The molecule has 0 radical (unpaired) electrons. The molecule has 1 saturated heterocycles. The zero-order chi connectivity index (χ0) is 11.3. The van der Waals surface area contributed by atoms with E-state index in [0.29, 0.717) is 32.7 Å². The van der Waals surface area contributed by atoms with E-state index >= 15 is 0 Å². The molecule has 0 aromatic carbocycles. The third kappa shape index (κ3) is 3.17. The molecule has 0 unspecified atom stereocenters. The summed E-state index contributed by atoms with van der Waals surface area (Å²) in [4.78, 5) is 26.1.